The van der Waals surface area contributed by atoms with Crippen molar-refractivity contribution in [3.63, 3.8) is 0 Å². The summed E-state index contributed by atoms with van der Waals surface area (Å²) in [5, 5.41) is 8.98. The second-order valence-corrected chi connectivity index (χ2v) is 5.65. The third-order valence-corrected chi connectivity index (χ3v) is 3.97. The molecule has 2 rings (SSSR count). The monoisotopic (exact) mass is 291 g/mol. The highest BCUT2D eigenvalue weighted by Gasteiger charge is 2.32. The van der Waals surface area contributed by atoms with Crippen molar-refractivity contribution in [1.29, 1.82) is 0 Å². The maximum Gasteiger partial charge on any atom is 0.335 e. The molecule has 0 aromatic heterocycles. The van der Waals surface area contributed by atoms with Crippen LogP contribution in [0.25, 0.3) is 0 Å². The second-order valence-electron chi connectivity index (χ2n) is 5.65. The highest BCUT2D eigenvalue weighted by molar-refractivity contribution is 5.88. The van der Waals surface area contributed by atoms with E-state index in [1.807, 2.05) is 13.8 Å². The molecular formula is C16H21NO4. The highest BCUT2D eigenvalue weighted by atomic mass is 16.5. The van der Waals surface area contributed by atoms with Gasteiger partial charge in [-0.05, 0) is 31.0 Å². The number of rotatable bonds is 4. The van der Waals surface area contributed by atoms with Gasteiger partial charge < -0.3 is 14.7 Å². The maximum atomic E-state index is 12.4. The van der Waals surface area contributed by atoms with Crippen LogP contribution in [0, 0.1) is 0 Å². The molecule has 5 nitrogen and oxygen atoms in total. The Hall–Kier alpha value is -1.88. The molecule has 1 atom stereocenters. The van der Waals surface area contributed by atoms with Crippen LogP contribution in [0.3, 0.4) is 0 Å². The van der Waals surface area contributed by atoms with Gasteiger partial charge in [-0.15, -0.1) is 0 Å². The van der Waals surface area contributed by atoms with E-state index in [2.05, 4.69) is 0 Å². The van der Waals surface area contributed by atoms with E-state index in [-0.39, 0.29) is 23.5 Å². The molecule has 0 bridgehead atoms. The van der Waals surface area contributed by atoms with E-state index in [4.69, 9.17) is 9.84 Å². The van der Waals surface area contributed by atoms with E-state index in [1.165, 1.54) is 6.07 Å². The second kappa shape index (κ2) is 6.26. The summed E-state index contributed by atoms with van der Waals surface area (Å²) >= 11 is 0. The number of aromatic carboxylic acids is 1. The van der Waals surface area contributed by atoms with Gasteiger partial charge in [-0.3, -0.25) is 4.79 Å². The third-order valence-electron chi connectivity index (χ3n) is 3.97. The zero-order valence-electron chi connectivity index (χ0n) is 12.5. The Balaban J connectivity index is 2.04. The molecule has 114 valence electrons. The average molecular weight is 291 g/mol. The third kappa shape index (κ3) is 3.82. The van der Waals surface area contributed by atoms with E-state index in [1.54, 1.807) is 23.1 Å². The van der Waals surface area contributed by atoms with Gasteiger partial charge in [0.15, 0.2) is 0 Å². The van der Waals surface area contributed by atoms with Crippen LogP contribution in [0.4, 0.5) is 0 Å². The summed E-state index contributed by atoms with van der Waals surface area (Å²) in [4.78, 5) is 25.1. The molecule has 0 radical (unpaired) electrons. The Morgan fingerprint density at radius 1 is 1.43 bits per heavy atom. The van der Waals surface area contributed by atoms with Gasteiger partial charge in [-0.25, -0.2) is 4.79 Å². The van der Waals surface area contributed by atoms with Gasteiger partial charge in [0.2, 0.25) is 5.91 Å². The number of carbonyl (C=O) groups is 2. The van der Waals surface area contributed by atoms with Crippen molar-refractivity contribution < 1.29 is 19.4 Å². The summed E-state index contributed by atoms with van der Waals surface area (Å²) in [7, 11) is 0. The lowest BCUT2D eigenvalue weighted by Gasteiger charge is -2.40. The fourth-order valence-corrected chi connectivity index (χ4v) is 2.46. The van der Waals surface area contributed by atoms with Gasteiger partial charge >= 0.3 is 5.97 Å². The normalized spacial score (nSPS) is 22.1. The van der Waals surface area contributed by atoms with E-state index in [0.29, 0.717) is 19.7 Å². The standard InChI is InChI=1S/C16H21NO4/c1-3-16(2)11-17(7-8-21-16)14(18)10-12-5-4-6-13(9-12)15(19)20/h4-6,9H,3,7-8,10-11H2,1-2H3,(H,19,20). The summed E-state index contributed by atoms with van der Waals surface area (Å²) in [5.74, 6) is -0.963. The lowest BCUT2D eigenvalue weighted by atomic mass is 10.00. The SMILES string of the molecule is CCC1(C)CN(C(=O)Cc2cccc(C(=O)O)c2)CCO1. The lowest BCUT2D eigenvalue weighted by Crippen LogP contribution is -2.52. The van der Waals surface area contributed by atoms with Crippen molar-refractivity contribution in [3.05, 3.63) is 35.4 Å². The quantitative estimate of drug-likeness (QED) is 0.921. The minimum atomic E-state index is -0.978. The number of nitrogens with zero attached hydrogens (tertiary/aromatic N) is 1. The number of carboxylic acids is 1. The number of morpholine rings is 1. The Bertz CT molecular complexity index is 543. The number of carboxylic acid groups (broad SMARTS) is 1. The Morgan fingerprint density at radius 2 is 2.19 bits per heavy atom. The van der Waals surface area contributed by atoms with Gasteiger partial charge in [-0.1, -0.05) is 19.1 Å². The number of ether oxygens (including phenoxy) is 1. The van der Waals surface area contributed by atoms with Crippen molar-refractivity contribution in [2.75, 3.05) is 19.7 Å². The Kier molecular flexibility index (Phi) is 4.63. The van der Waals surface area contributed by atoms with Crippen LogP contribution >= 0.6 is 0 Å². The lowest BCUT2D eigenvalue weighted by molar-refractivity contribution is -0.147. The van der Waals surface area contributed by atoms with Crippen LogP contribution in [-0.2, 0) is 16.0 Å². The molecule has 1 aliphatic rings. The van der Waals surface area contributed by atoms with Gasteiger partial charge in [0.25, 0.3) is 0 Å². The number of hydrogen-bond donors (Lipinski definition) is 1. The summed E-state index contributed by atoms with van der Waals surface area (Å²) in [6.07, 6.45) is 1.08. The van der Waals surface area contributed by atoms with Crippen LogP contribution < -0.4 is 0 Å². The van der Waals surface area contributed by atoms with Gasteiger partial charge in [0.1, 0.15) is 0 Å². The van der Waals surface area contributed by atoms with E-state index in [9.17, 15) is 9.59 Å². The smallest absolute Gasteiger partial charge is 0.335 e. The van der Waals surface area contributed by atoms with Crippen LogP contribution in [0.2, 0.25) is 0 Å². The molecule has 1 fully saturated rings. The molecule has 1 amide bonds. The van der Waals surface area contributed by atoms with E-state index < -0.39 is 5.97 Å². The molecule has 1 heterocycles. The first-order valence-electron chi connectivity index (χ1n) is 7.17. The van der Waals surface area contributed by atoms with Crippen molar-refractivity contribution >= 4 is 11.9 Å². The molecule has 0 saturated carbocycles. The number of benzene rings is 1. The van der Waals surface area contributed by atoms with Crippen LogP contribution in [0.1, 0.15) is 36.2 Å². The molecular weight excluding hydrogens is 270 g/mol. The van der Waals surface area contributed by atoms with Gasteiger partial charge in [0, 0.05) is 13.1 Å². The summed E-state index contributed by atoms with van der Waals surface area (Å²) in [6, 6.07) is 6.53. The van der Waals surface area contributed by atoms with Crippen LogP contribution in [0.5, 0.6) is 0 Å². The van der Waals surface area contributed by atoms with Gasteiger partial charge in [0.05, 0.1) is 24.2 Å². The fourth-order valence-electron chi connectivity index (χ4n) is 2.46. The first-order valence-corrected chi connectivity index (χ1v) is 7.17. The highest BCUT2D eigenvalue weighted by Crippen LogP contribution is 2.21. The van der Waals surface area contributed by atoms with Crippen molar-refractivity contribution in [3.8, 4) is 0 Å². The van der Waals surface area contributed by atoms with E-state index in [0.717, 1.165) is 12.0 Å². The van der Waals surface area contributed by atoms with Crippen LogP contribution in [0.15, 0.2) is 24.3 Å². The largest absolute Gasteiger partial charge is 0.478 e. The van der Waals surface area contributed by atoms with Crippen molar-refractivity contribution in [2.24, 2.45) is 0 Å². The Morgan fingerprint density at radius 3 is 2.86 bits per heavy atom. The van der Waals surface area contributed by atoms with Crippen LogP contribution in [-0.4, -0.2) is 47.2 Å². The number of carbonyl (C=O) groups excluding carboxylic acids is 1. The van der Waals surface area contributed by atoms with E-state index >= 15 is 0 Å². The molecule has 1 aliphatic heterocycles. The summed E-state index contributed by atoms with van der Waals surface area (Å²) in [5.41, 5.74) is 0.655. The molecule has 1 N–H and O–H groups in total. The minimum Gasteiger partial charge on any atom is -0.478 e. The fraction of sp³-hybridized carbons (Fsp3) is 0.500. The predicted molar refractivity (Wildman–Crippen MR) is 78.3 cm³/mol. The molecule has 1 aromatic rings. The number of hydrogen-bond acceptors (Lipinski definition) is 3. The summed E-state index contributed by atoms with van der Waals surface area (Å²) in [6.45, 7) is 5.78. The minimum absolute atomic E-state index is 0.0144. The molecule has 5 heteroatoms. The van der Waals surface area contributed by atoms with Crippen molar-refractivity contribution in [1.82, 2.24) is 4.90 Å². The summed E-state index contributed by atoms with van der Waals surface area (Å²) < 4.78 is 5.72. The zero-order chi connectivity index (χ0) is 15.5. The molecule has 0 aliphatic carbocycles. The van der Waals surface area contributed by atoms with Gasteiger partial charge in [-0.2, -0.15) is 0 Å². The average Bonchev–Trinajstić information content (AvgIpc) is 2.47. The number of amides is 1. The Labute approximate surface area is 124 Å². The first-order chi connectivity index (χ1) is 9.93. The molecule has 1 saturated heterocycles. The predicted octanol–water partition coefficient (Wildman–Crippen LogP) is 1.95. The molecule has 0 spiro atoms. The molecule has 1 unspecified atom stereocenters. The molecule has 21 heavy (non-hydrogen) atoms. The first kappa shape index (κ1) is 15.5. The zero-order valence-corrected chi connectivity index (χ0v) is 12.5. The van der Waals surface area contributed by atoms with Crippen molar-refractivity contribution in [2.45, 2.75) is 32.3 Å². The molecule has 1 aromatic carbocycles. The maximum absolute atomic E-state index is 12.4. The topological polar surface area (TPSA) is 66.8 Å².